The highest BCUT2D eigenvalue weighted by molar-refractivity contribution is 5.97. The number of fused-ring (bicyclic) bond motifs is 1. The molecule has 0 aliphatic heterocycles. The highest BCUT2D eigenvalue weighted by Crippen LogP contribution is 2.26. The van der Waals surface area contributed by atoms with Gasteiger partial charge >= 0.3 is 11.6 Å². The van der Waals surface area contributed by atoms with Crippen LogP contribution in [0.4, 0.5) is 0 Å². The second-order valence-corrected chi connectivity index (χ2v) is 7.87. The second kappa shape index (κ2) is 10.2. The highest BCUT2D eigenvalue weighted by Gasteiger charge is 2.20. The fourth-order valence-electron chi connectivity index (χ4n) is 3.86. The van der Waals surface area contributed by atoms with Gasteiger partial charge in [-0.25, -0.2) is 9.59 Å². The molecule has 8 heteroatoms. The van der Waals surface area contributed by atoms with Gasteiger partial charge in [-0.3, -0.25) is 4.79 Å². The van der Waals surface area contributed by atoms with E-state index in [1.165, 1.54) is 25.7 Å². The molecule has 3 aromatic rings. The number of amides is 1. The maximum Gasteiger partial charge on any atom is 0.349 e. The lowest BCUT2D eigenvalue weighted by Gasteiger charge is -2.22. The van der Waals surface area contributed by atoms with Crippen molar-refractivity contribution in [3.05, 3.63) is 64.5 Å². The standard InChI is InChI=1S/C25H25NO7/c1-30-20-9-5-6-10-21(20)31-15-23(27)32-18-12-11-16-13-19(25(29)33-22(16)14-18)24(28)26-17-7-3-2-4-8-17/h5-6,9-14,17H,2-4,7-8,15H2,1H3,(H,26,28). The molecule has 2 aromatic carbocycles. The van der Waals surface area contributed by atoms with Crippen molar-refractivity contribution in [1.29, 1.82) is 0 Å². The van der Waals surface area contributed by atoms with Gasteiger partial charge in [0.15, 0.2) is 18.1 Å². The molecule has 0 unspecified atom stereocenters. The summed E-state index contributed by atoms with van der Waals surface area (Å²) >= 11 is 0. The zero-order valence-corrected chi connectivity index (χ0v) is 18.3. The Hall–Kier alpha value is -3.81. The molecule has 1 fully saturated rings. The van der Waals surface area contributed by atoms with Crippen molar-refractivity contribution < 1.29 is 28.2 Å². The van der Waals surface area contributed by atoms with Crippen molar-refractivity contribution in [2.45, 2.75) is 38.1 Å². The van der Waals surface area contributed by atoms with E-state index in [0.29, 0.717) is 16.9 Å². The first kappa shape index (κ1) is 22.4. The van der Waals surface area contributed by atoms with Gasteiger partial charge in [-0.05, 0) is 43.2 Å². The molecule has 0 saturated heterocycles. The van der Waals surface area contributed by atoms with Crippen LogP contribution in [-0.2, 0) is 4.79 Å². The summed E-state index contributed by atoms with van der Waals surface area (Å²) in [6.45, 7) is -0.331. The summed E-state index contributed by atoms with van der Waals surface area (Å²) in [7, 11) is 1.51. The molecule has 0 spiro atoms. The van der Waals surface area contributed by atoms with Crippen LogP contribution in [0.2, 0.25) is 0 Å². The molecule has 0 radical (unpaired) electrons. The number of methoxy groups -OCH3 is 1. The Labute approximate surface area is 190 Å². The molecule has 1 aromatic heterocycles. The van der Waals surface area contributed by atoms with Crippen molar-refractivity contribution in [1.82, 2.24) is 5.32 Å². The molecule has 1 aliphatic carbocycles. The van der Waals surface area contributed by atoms with E-state index in [0.717, 1.165) is 25.7 Å². The van der Waals surface area contributed by atoms with Gasteiger partial charge in [-0.1, -0.05) is 31.4 Å². The van der Waals surface area contributed by atoms with Gasteiger partial charge in [0.2, 0.25) is 0 Å². The minimum absolute atomic E-state index is 0.0389. The van der Waals surface area contributed by atoms with Crippen molar-refractivity contribution in [3.63, 3.8) is 0 Å². The molecule has 172 valence electrons. The number of nitrogens with one attached hydrogen (secondary N) is 1. The average molecular weight is 451 g/mol. The van der Waals surface area contributed by atoms with Gasteiger partial charge in [0.25, 0.3) is 5.91 Å². The first-order valence-corrected chi connectivity index (χ1v) is 10.9. The molecule has 1 saturated carbocycles. The number of carbonyl (C=O) groups excluding carboxylic acids is 2. The SMILES string of the molecule is COc1ccccc1OCC(=O)Oc1ccc2cc(C(=O)NC3CCCCC3)c(=O)oc2c1. The van der Waals surface area contributed by atoms with Gasteiger partial charge < -0.3 is 23.9 Å². The van der Waals surface area contributed by atoms with E-state index in [1.807, 2.05) is 0 Å². The van der Waals surface area contributed by atoms with Crippen LogP contribution in [0.25, 0.3) is 11.0 Å². The van der Waals surface area contributed by atoms with Crippen LogP contribution < -0.4 is 25.2 Å². The van der Waals surface area contributed by atoms with E-state index in [9.17, 15) is 14.4 Å². The van der Waals surface area contributed by atoms with Crippen molar-refractivity contribution in [3.8, 4) is 17.2 Å². The van der Waals surface area contributed by atoms with Gasteiger partial charge in [-0.15, -0.1) is 0 Å². The quantitative estimate of drug-likeness (QED) is 0.331. The maximum absolute atomic E-state index is 12.6. The lowest BCUT2D eigenvalue weighted by atomic mass is 9.95. The average Bonchev–Trinajstić information content (AvgIpc) is 2.83. The summed E-state index contributed by atoms with van der Waals surface area (Å²) < 4.78 is 21.3. The molecule has 1 heterocycles. The van der Waals surface area contributed by atoms with E-state index < -0.39 is 17.5 Å². The fraction of sp³-hybridized carbons (Fsp3) is 0.320. The van der Waals surface area contributed by atoms with Gasteiger partial charge in [-0.2, -0.15) is 0 Å². The van der Waals surface area contributed by atoms with Crippen LogP contribution in [0.1, 0.15) is 42.5 Å². The molecule has 1 amide bonds. The lowest BCUT2D eigenvalue weighted by molar-refractivity contribution is -0.136. The van der Waals surface area contributed by atoms with Gasteiger partial charge in [0, 0.05) is 17.5 Å². The van der Waals surface area contributed by atoms with Crippen LogP contribution >= 0.6 is 0 Å². The number of benzene rings is 2. The summed E-state index contributed by atoms with van der Waals surface area (Å²) in [6, 6.07) is 13.1. The monoisotopic (exact) mass is 451 g/mol. The molecule has 1 aliphatic rings. The minimum Gasteiger partial charge on any atom is -0.493 e. The number of esters is 1. The van der Waals surface area contributed by atoms with Crippen molar-refractivity contribution in [2.24, 2.45) is 0 Å². The lowest BCUT2D eigenvalue weighted by Crippen LogP contribution is -2.38. The van der Waals surface area contributed by atoms with E-state index in [2.05, 4.69) is 5.32 Å². The van der Waals surface area contributed by atoms with Crippen LogP contribution in [0.3, 0.4) is 0 Å². The Balaban J connectivity index is 1.42. The van der Waals surface area contributed by atoms with Crippen LogP contribution in [0, 0.1) is 0 Å². The number of carbonyl (C=O) groups is 2. The van der Waals surface area contributed by atoms with E-state index >= 15 is 0 Å². The molecule has 0 bridgehead atoms. The highest BCUT2D eigenvalue weighted by atomic mass is 16.6. The number of ether oxygens (including phenoxy) is 3. The van der Waals surface area contributed by atoms with Crippen molar-refractivity contribution in [2.75, 3.05) is 13.7 Å². The molecule has 8 nitrogen and oxygen atoms in total. The number of para-hydroxylation sites is 2. The van der Waals surface area contributed by atoms with Crippen molar-refractivity contribution >= 4 is 22.8 Å². The number of hydrogen-bond donors (Lipinski definition) is 1. The first-order valence-electron chi connectivity index (χ1n) is 10.9. The zero-order valence-electron chi connectivity index (χ0n) is 18.3. The summed E-state index contributed by atoms with van der Waals surface area (Å²) in [5.41, 5.74) is -0.563. The molecule has 1 N–H and O–H groups in total. The van der Waals surface area contributed by atoms with Gasteiger partial charge in [0.1, 0.15) is 16.9 Å². The van der Waals surface area contributed by atoms with Crippen LogP contribution in [0.5, 0.6) is 17.2 Å². The third-order valence-corrected chi connectivity index (χ3v) is 5.54. The first-order chi connectivity index (χ1) is 16.0. The predicted octanol–water partition coefficient (Wildman–Crippen LogP) is 3.85. The Morgan fingerprint density at radius 1 is 1.03 bits per heavy atom. The van der Waals surface area contributed by atoms with E-state index in [-0.39, 0.29) is 29.5 Å². The molecule has 33 heavy (non-hydrogen) atoms. The molecule has 4 rings (SSSR count). The van der Waals surface area contributed by atoms with Crippen LogP contribution in [-0.4, -0.2) is 31.6 Å². The minimum atomic E-state index is -0.737. The third-order valence-electron chi connectivity index (χ3n) is 5.54. The summed E-state index contributed by atoms with van der Waals surface area (Å²) in [6.07, 6.45) is 5.15. The smallest absolute Gasteiger partial charge is 0.349 e. The third kappa shape index (κ3) is 5.52. The van der Waals surface area contributed by atoms with E-state index in [1.54, 1.807) is 36.4 Å². The Kier molecular flexibility index (Phi) is 6.92. The predicted molar refractivity (Wildman–Crippen MR) is 121 cm³/mol. The fourth-order valence-corrected chi connectivity index (χ4v) is 3.86. The maximum atomic E-state index is 12.6. The zero-order chi connectivity index (χ0) is 23.2. The second-order valence-electron chi connectivity index (χ2n) is 7.87. The summed E-state index contributed by atoms with van der Waals surface area (Å²) in [4.78, 5) is 37.2. The Morgan fingerprint density at radius 2 is 1.79 bits per heavy atom. The molecule has 0 atom stereocenters. The number of hydrogen-bond acceptors (Lipinski definition) is 7. The topological polar surface area (TPSA) is 104 Å². The normalized spacial score (nSPS) is 14.0. The Morgan fingerprint density at radius 3 is 2.55 bits per heavy atom. The van der Waals surface area contributed by atoms with Crippen LogP contribution in [0.15, 0.2) is 57.7 Å². The summed E-state index contributed by atoms with van der Waals surface area (Å²) in [5.74, 6) is 0.0490. The molecular formula is C25H25NO7. The number of rotatable bonds is 7. The summed E-state index contributed by atoms with van der Waals surface area (Å²) in [5, 5.41) is 3.47. The molecular weight excluding hydrogens is 426 g/mol. The van der Waals surface area contributed by atoms with Gasteiger partial charge in [0.05, 0.1) is 7.11 Å². The Bertz CT molecular complexity index is 1210. The largest absolute Gasteiger partial charge is 0.493 e. The van der Waals surface area contributed by atoms with E-state index in [4.69, 9.17) is 18.6 Å².